The zero-order valence-corrected chi connectivity index (χ0v) is 21.5. The van der Waals surface area contributed by atoms with Crippen LogP contribution < -0.4 is 0 Å². The second-order valence-corrected chi connectivity index (χ2v) is 11.0. The average Bonchev–Trinajstić information content (AvgIpc) is 2.88. The molecule has 0 unspecified atom stereocenters. The smallest absolute Gasteiger partial charge is 0.127 e. The van der Waals surface area contributed by atoms with E-state index in [1.165, 1.54) is 69.8 Å². The molecule has 2 aromatic carbocycles. The van der Waals surface area contributed by atoms with Gasteiger partial charge in [-0.3, -0.25) is 0 Å². The number of rotatable bonds is 10. The molecule has 0 radical (unpaired) electrons. The standard InChI is InChI=1S/C32H45FO/c1-3-5-24-6-8-25(9-7-24)10-15-30-20-21-31(22-32(30)33)29-18-16-28(17-19-29)27-13-11-26(12-14-27)23-34-4-2/h16-22,24-27H,3-15,23H2,1-2H3. The molecule has 1 nitrogen and oxygen atoms in total. The van der Waals surface area contributed by atoms with Crippen LogP contribution in [0, 0.1) is 23.6 Å². The van der Waals surface area contributed by atoms with E-state index >= 15 is 0 Å². The van der Waals surface area contributed by atoms with Gasteiger partial charge in [-0.2, -0.15) is 0 Å². The van der Waals surface area contributed by atoms with Crippen molar-refractivity contribution in [3.05, 3.63) is 59.4 Å². The van der Waals surface area contributed by atoms with Crippen molar-refractivity contribution in [3.63, 3.8) is 0 Å². The fourth-order valence-corrected chi connectivity index (χ4v) is 6.40. The molecular formula is C32H45FO. The summed E-state index contributed by atoms with van der Waals surface area (Å²) in [7, 11) is 0. The fraction of sp³-hybridized carbons (Fsp3) is 0.625. The topological polar surface area (TPSA) is 9.23 Å². The van der Waals surface area contributed by atoms with Crippen molar-refractivity contribution >= 4 is 0 Å². The molecule has 0 spiro atoms. The third-order valence-corrected chi connectivity index (χ3v) is 8.66. The molecule has 2 heteroatoms. The lowest BCUT2D eigenvalue weighted by molar-refractivity contribution is 0.0920. The predicted molar refractivity (Wildman–Crippen MR) is 142 cm³/mol. The van der Waals surface area contributed by atoms with Gasteiger partial charge >= 0.3 is 0 Å². The Bertz CT molecular complexity index is 857. The minimum atomic E-state index is -0.0335. The molecule has 0 N–H and O–H groups in total. The minimum absolute atomic E-state index is 0.0335. The Morgan fingerprint density at radius 1 is 0.735 bits per heavy atom. The zero-order chi connectivity index (χ0) is 23.8. The SMILES string of the molecule is CCCC1CCC(CCc2ccc(-c3ccc(C4CCC(COCC)CC4)cc3)cc2F)CC1. The lowest BCUT2D eigenvalue weighted by Crippen LogP contribution is -2.17. The van der Waals surface area contributed by atoms with Gasteiger partial charge in [0.25, 0.3) is 0 Å². The number of ether oxygens (including phenoxy) is 1. The molecule has 2 saturated carbocycles. The van der Waals surface area contributed by atoms with E-state index in [1.54, 1.807) is 6.07 Å². The van der Waals surface area contributed by atoms with Crippen molar-refractivity contribution < 1.29 is 9.13 Å². The Morgan fingerprint density at radius 3 is 1.97 bits per heavy atom. The molecule has 0 aliphatic heterocycles. The van der Waals surface area contributed by atoms with Crippen LogP contribution in [0.25, 0.3) is 11.1 Å². The van der Waals surface area contributed by atoms with E-state index < -0.39 is 0 Å². The number of hydrogen-bond acceptors (Lipinski definition) is 1. The molecule has 2 aromatic rings. The highest BCUT2D eigenvalue weighted by Crippen LogP contribution is 2.37. The molecule has 2 aliphatic rings. The van der Waals surface area contributed by atoms with Gasteiger partial charge < -0.3 is 4.74 Å². The molecule has 0 atom stereocenters. The van der Waals surface area contributed by atoms with Crippen molar-refractivity contribution in [1.29, 1.82) is 0 Å². The number of aryl methyl sites for hydroxylation is 1. The van der Waals surface area contributed by atoms with Crippen molar-refractivity contribution in [3.8, 4) is 11.1 Å². The summed E-state index contributed by atoms with van der Waals surface area (Å²) in [5, 5.41) is 0. The summed E-state index contributed by atoms with van der Waals surface area (Å²) in [6, 6.07) is 14.8. The fourth-order valence-electron chi connectivity index (χ4n) is 6.40. The van der Waals surface area contributed by atoms with E-state index in [4.69, 9.17) is 4.74 Å². The molecule has 186 valence electrons. The van der Waals surface area contributed by atoms with Gasteiger partial charge in [-0.1, -0.05) is 81.8 Å². The maximum Gasteiger partial charge on any atom is 0.127 e. The van der Waals surface area contributed by atoms with Gasteiger partial charge in [0.2, 0.25) is 0 Å². The first kappa shape index (κ1) is 25.4. The molecule has 0 heterocycles. The Hall–Kier alpha value is -1.67. The largest absolute Gasteiger partial charge is 0.381 e. The lowest BCUT2D eigenvalue weighted by atomic mass is 9.78. The predicted octanol–water partition coefficient (Wildman–Crippen LogP) is 9.34. The molecule has 2 aliphatic carbocycles. The Labute approximate surface area is 207 Å². The highest BCUT2D eigenvalue weighted by atomic mass is 19.1. The molecule has 0 aromatic heterocycles. The summed E-state index contributed by atoms with van der Waals surface area (Å²) in [4.78, 5) is 0. The van der Waals surface area contributed by atoms with E-state index in [2.05, 4.69) is 44.2 Å². The number of halogens is 1. The molecule has 2 fully saturated rings. The first-order valence-corrected chi connectivity index (χ1v) is 14.1. The maximum atomic E-state index is 14.9. The normalized spacial score (nSPS) is 25.4. The van der Waals surface area contributed by atoms with Gasteiger partial charge in [-0.25, -0.2) is 4.39 Å². The Balaban J connectivity index is 1.28. The van der Waals surface area contributed by atoms with Crippen molar-refractivity contribution in [2.24, 2.45) is 17.8 Å². The minimum Gasteiger partial charge on any atom is -0.381 e. The quantitative estimate of drug-likeness (QED) is 0.340. The Morgan fingerprint density at radius 2 is 1.35 bits per heavy atom. The summed E-state index contributed by atoms with van der Waals surface area (Å²) in [6.07, 6.45) is 15.2. The third-order valence-electron chi connectivity index (χ3n) is 8.66. The summed E-state index contributed by atoms with van der Waals surface area (Å²) in [5.41, 5.74) is 4.44. The van der Waals surface area contributed by atoms with Crippen molar-refractivity contribution in [2.45, 2.75) is 96.8 Å². The molecule has 0 amide bonds. The molecular weight excluding hydrogens is 419 g/mol. The van der Waals surface area contributed by atoms with Crippen LogP contribution in [0.3, 0.4) is 0 Å². The highest BCUT2D eigenvalue weighted by molar-refractivity contribution is 5.64. The van der Waals surface area contributed by atoms with Crippen molar-refractivity contribution in [2.75, 3.05) is 13.2 Å². The third kappa shape index (κ3) is 6.94. The van der Waals surface area contributed by atoms with E-state index in [0.717, 1.165) is 60.5 Å². The van der Waals surface area contributed by atoms with Crippen LogP contribution in [0.15, 0.2) is 42.5 Å². The molecule has 0 saturated heterocycles. The summed E-state index contributed by atoms with van der Waals surface area (Å²) >= 11 is 0. The van der Waals surface area contributed by atoms with Gasteiger partial charge in [-0.05, 0) is 97.4 Å². The van der Waals surface area contributed by atoms with Crippen molar-refractivity contribution in [1.82, 2.24) is 0 Å². The van der Waals surface area contributed by atoms with Crippen LogP contribution >= 0.6 is 0 Å². The van der Waals surface area contributed by atoms with E-state index in [1.807, 2.05) is 6.07 Å². The van der Waals surface area contributed by atoms with E-state index in [0.29, 0.717) is 5.92 Å². The maximum absolute atomic E-state index is 14.9. The van der Waals surface area contributed by atoms with E-state index in [-0.39, 0.29) is 5.82 Å². The Kier molecular flexibility index (Phi) is 9.62. The van der Waals surface area contributed by atoms with Gasteiger partial charge in [0.1, 0.15) is 5.82 Å². The van der Waals surface area contributed by atoms with Crippen LogP contribution in [0.2, 0.25) is 0 Å². The average molecular weight is 465 g/mol. The monoisotopic (exact) mass is 464 g/mol. The number of hydrogen-bond donors (Lipinski definition) is 0. The summed E-state index contributed by atoms with van der Waals surface area (Å²) < 4.78 is 20.6. The molecule has 0 bridgehead atoms. The van der Waals surface area contributed by atoms with E-state index in [9.17, 15) is 4.39 Å². The summed E-state index contributed by atoms with van der Waals surface area (Å²) in [5.74, 6) is 3.08. The van der Waals surface area contributed by atoms with Crippen LogP contribution in [0.4, 0.5) is 4.39 Å². The zero-order valence-electron chi connectivity index (χ0n) is 21.5. The summed E-state index contributed by atoms with van der Waals surface area (Å²) in [6.45, 7) is 6.11. The second-order valence-electron chi connectivity index (χ2n) is 11.0. The highest BCUT2D eigenvalue weighted by Gasteiger charge is 2.23. The van der Waals surface area contributed by atoms with Gasteiger partial charge in [-0.15, -0.1) is 0 Å². The van der Waals surface area contributed by atoms with Gasteiger partial charge in [0, 0.05) is 13.2 Å². The lowest BCUT2D eigenvalue weighted by Gasteiger charge is -2.28. The molecule has 34 heavy (non-hydrogen) atoms. The van der Waals surface area contributed by atoms with Crippen LogP contribution in [-0.4, -0.2) is 13.2 Å². The first-order chi connectivity index (χ1) is 16.7. The van der Waals surface area contributed by atoms with Gasteiger partial charge in [0.15, 0.2) is 0 Å². The van der Waals surface area contributed by atoms with Crippen LogP contribution in [0.1, 0.15) is 102 Å². The van der Waals surface area contributed by atoms with Crippen LogP contribution in [-0.2, 0) is 11.2 Å². The second kappa shape index (κ2) is 12.9. The molecule has 4 rings (SSSR count). The first-order valence-electron chi connectivity index (χ1n) is 14.1. The van der Waals surface area contributed by atoms with Crippen LogP contribution in [0.5, 0.6) is 0 Å². The number of benzene rings is 2. The van der Waals surface area contributed by atoms with Gasteiger partial charge in [0.05, 0.1) is 0 Å².